The minimum atomic E-state index is -0.0253. The molecule has 0 aliphatic carbocycles. The Morgan fingerprint density at radius 3 is 1.82 bits per heavy atom. The van der Waals surface area contributed by atoms with Crippen LogP contribution in [0, 0.1) is 12.3 Å². The molecule has 3 heteroatoms. The first-order chi connectivity index (χ1) is 20.8. The molecule has 3 nitrogen and oxygen atoms in total. The third-order valence-corrected chi connectivity index (χ3v) is 7.97. The summed E-state index contributed by atoms with van der Waals surface area (Å²) in [4.78, 5) is 5.18. The number of aliphatic hydroxyl groups is 2. The summed E-state index contributed by atoms with van der Waals surface area (Å²) in [6, 6.07) is 2.28. The number of nitrogens with zero attached hydrogens (tertiary/aromatic N) is 1. The van der Waals surface area contributed by atoms with Gasteiger partial charge in [-0.25, -0.2) is 0 Å². The van der Waals surface area contributed by atoms with E-state index in [1.54, 1.807) is 0 Å². The Balaban J connectivity index is -0.00000221. The number of aromatic nitrogens is 1. The van der Waals surface area contributed by atoms with Crippen LogP contribution in [0.5, 0.6) is 0 Å². The van der Waals surface area contributed by atoms with E-state index in [-0.39, 0.29) is 23.4 Å². The highest BCUT2D eigenvalue weighted by atomic mass is 16.3. The highest BCUT2D eigenvalue weighted by molar-refractivity contribution is 5.45. The molecule has 1 heterocycles. The maximum Gasteiger partial charge on any atom is 0.0966 e. The molecule has 0 spiro atoms. The monoisotopic (exact) mass is 618 g/mol. The minimum absolute atomic E-state index is 0.0253. The van der Waals surface area contributed by atoms with Crippen LogP contribution < -0.4 is 0 Å². The van der Waals surface area contributed by atoms with Crippen molar-refractivity contribution in [3.05, 3.63) is 51.6 Å². The van der Waals surface area contributed by atoms with Gasteiger partial charge in [0.05, 0.1) is 5.76 Å². The normalized spacial score (nSPS) is 12.4. The SMILES string of the molecule is CC.CC.CCC.CCCC(/C(C=C(CC)CC)=C(\O)CC(C)(C)CCC)c1cc(CCCO)nc(C(C)(C)CCC)c1C. The zero-order valence-electron chi connectivity index (χ0n) is 32.8. The fourth-order valence-corrected chi connectivity index (χ4v) is 5.98. The van der Waals surface area contributed by atoms with Crippen molar-refractivity contribution in [2.45, 2.75) is 199 Å². The van der Waals surface area contributed by atoms with Crippen LogP contribution in [-0.2, 0) is 11.8 Å². The first kappa shape index (κ1) is 46.8. The lowest BCUT2D eigenvalue weighted by Gasteiger charge is -2.31. The van der Waals surface area contributed by atoms with Gasteiger partial charge in [-0.05, 0) is 80.1 Å². The Morgan fingerprint density at radius 1 is 0.864 bits per heavy atom. The van der Waals surface area contributed by atoms with E-state index in [0.29, 0.717) is 12.2 Å². The van der Waals surface area contributed by atoms with Crippen molar-refractivity contribution in [2.75, 3.05) is 6.61 Å². The fraction of sp³-hybridized carbons (Fsp3) is 0.780. The molecule has 0 saturated carbocycles. The van der Waals surface area contributed by atoms with Gasteiger partial charge >= 0.3 is 0 Å². The van der Waals surface area contributed by atoms with Crippen molar-refractivity contribution in [1.29, 1.82) is 0 Å². The van der Waals surface area contributed by atoms with E-state index in [1.165, 1.54) is 28.8 Å². The predicted octanol–water partition coefficient (Wildman–Crippen LogP) is 13.5. The molecule has 0 saturated heterocycles. The summed E-state index contributed by atoms with van der Waals surface area (Å²) >= 11 is 0. The average Bonchev–Trinajstić information content (AvgIpc) is 2.98. The molecule has 1 aromatic heterocycles. The van der Waals surface area contributed by atoms with E-state index in [1.807, 2.05) is 27.7 Å². The van der Waals surface area contributed by atoms with Gasteiger partial charge in [0.2, 0.25) is 0 Å². The molecule has 44 heavy (non-hydrogen) atoms. The van der Waals surface area contributed by atoms with E-state index >= 15 is 0 Å². The van der Waals surface area contributed by atoms with Crippen LogP contribution in [0.15, 0.2) is 29.0 Å². The lowest BCUT2D eigenvalue weighted by Crippen LogP contribution is -2.23. The van der Waals surface area contributed by atoms with Gasteiger partial charge in [-0.1, -0.05) is 141 Å². The van der Waals surface area contributed by atoms with Crippen LogP contribution in [0.25, 0.3) is 0 Å². The molecule has 0 bridgehead atoms. The maximum absolute atomic E-state index is 11.8. The van der Waals surface area contributed by atoms with Crippen molar-refractivity contribution < 1.29 is 10.2 Å². The summed E-state index contributed by atoms with van der Waals surface area (Å²) in [5.41, 5.74) is 7.34. The van der Waals surface area contributed by atoms with E-state index in [4.69, 9.17) is 4.98 Å². The van der Waals surface area contributed by atoms with Gasteiger partial charge < -0.3 is 10.2 Å². The molecule has 0 amide bonds. The fourth-order valence-electron chi connectivity index (χ4n) is 5.98. The summed E-state index contributed by atoms with van der Waals surface area (Å²) in [7, 11) is 0. The summed E-state index contributed by atoms with van der Waals surface area (Å²) in [5, 5.41) is 21.3. The Morgan fingerprint density at radius 2 is 1.39 bits per heavy atom. The van der Waals surface area contributed by atoms with E-state index in [0.717, 1.165) is 75.5 Å². The highest BCUT2D eigenvalue weighted by Gasteiger charge is 2.30. The first-order valence-electron chi connectivity index (χ1n) is 18.6. The number of hydrogen-bond donors (Lipinski definition) is 2. The third-order valence-electron chi connectivity index (χ3n) is 7.97. The lowest BCUT2D eigenvalue weighted by atomic mass is 9.76. The Kier molecular flexibility index (Phi) is 28.3. The van der Waals surface area contributed by atoms with Crippen LogP contribution in [0.1, 0.15) is 203 Å². The second-order valence-electron chi connectivity index (χ2n) is 13.2. The summed E-state index contributed by atoms with van der Waals surface area (Å²) < 4.78 is 0. The Bertz CT molecular complexity index is 901. The first-order valence-corrected chi connectivity index (χ1v) is 18.6. The van der Waals surface area contributed by atoms with Crippen LogP contribution in [0.3, 0.4) is 0 Å². The summed E-state index contributed by atoms with van der Waals surface area (Å²) in [6.07, 6.45) is 14.2. The number of rotatable bonds is 17. The minimum Gasteiger partial charge on any atom is -0.512 e. The third kappa shape index (κ3) is 17.2. The van der Waals surface area contributed by atoms with Crippen molar-refractivity contribution in [1.82, 2.24) is 4.98 Å². The molecule has 0 aliphatic heterocycles. The number of aryl methyl sites for hydroxylation is 1. The van der Waals surface area contributed by atoms with Gasteiger partial charge in [0.15, 0.2) is 0 Å². The van der Waals surface area contributed by atoms with Crippen molar-refractivity contribution in [3.8, 4) is 0 Å². The van der Waals surface area contributed by atoms with Gasteiger partial charge in [-0.15, -0.1) is 0 Å². The molecule has 1 unspecified atom stereocenters. The lowest BCUT2D eigenvalue weighted by molar-refractivity contribution is 0.260. The van der Waals surface area contributed by atoms with Crippen molar-refractivity contribution in [2.24, 2.45) is 5.41 Å². The van der Waals surface area contributed by atoms with Gasteiger partial charge in [-0.2, -0.15) is 0 Å². The Hall–Kier alpha value is -1.61. The van der Waals surface area contributed by atoms with Crippen molar-refractivity contribution >= 4 is 0 Å². The van der Waals surface area contributed by atoms with Gasteiger partial charge in [0, 0.05) is 35.7 Å². The van der Waals surface area contributed by atoms with Crippen LogP contribution in [0.4, 0.5) is 0 Å². The molecule has 0 aromatic carbocycles. The van der Waals surface area contributed by atoms with Crippen LogP contribution >= 0.6 is 0 Å². The molecule has 1 aromatic rings. The number of pyridine rings is 1. The zero-order chi connectivity index (χ0) is 34.9. The number of allylic oxidation sites excluding steroid dienone is 4. The second-order valence-corrected chi connectivity index (χ2v) is 13.2. The molecule has 260 valence electrons. The largest absolute Gasteiger partial charge is 0.512 e. The number of hydrogen-bond acceptors (Lipinski definition) is 3. The molecule has 0 radical (unpaired) electrons. The number of aliphatic hydroxyl groups excluding tert-OH is 2. The van der Waals surface area contributed by atoms with E-state index in [2.05, 4.69) is 95.2 Å². The smallest absolute Gasteiger partial charge is 0.0966 e. The van der Waals surface area contributed by atoms with Crippen LogP contribution in [-0.4, -0.2) is 21.8 Å². The molecule has 0 aliphatic rings. The molecule has 0 fully saturated rings. The topological polar surface area (TPSA) is 53.4 Å². The van der Waals surface area contributed by atoms with Gasteiger partial charge in [-0.3, -0.25) is 4.98 Å². The molecular weight excluding hydrogens is 538 g/mol. The zero-order valence-corrected chi connectivity index (χ0v) is 32.8. The maximum atomic E-state index is 11.8. The van der Waals surface area contributed by atoms with Crippen molar-refractivity contribution in [3.63, 3.8) is 0 Å². The molecular formula is C41H79NO2. The van der Waals surface area contributed by atoms with E-state index < -0.39 is 0 Å². The molecule has 1 rings (SSSR count). The summed E-state index contributed by atoms with van der Waals surface area (Å²) in [6.45, 7) is 35.0. The predicted molar refractivity (Wildman–Crippen MR) is 200 cm³/mol. The highest BCUT2D eigenvalue weighted by Crippen LogP contribution is 2.41. The van der Waals surface area contributed by atoms with E-state index in [9.17, 15) is 10.2 Å². The van der Waals surface area contributed by atoms with Crippen LogP contribution in [0.2, 0.25) is 0 Å². The van der Waals surface area contributed by atoms with Gasteiger partial charge in [0.25, 0.3) is 0 Å². The Labute approximate surface area is 277 Å². The summed E-state index contributed by atoms with van der Waals surface area (Å²) in [5.74, 6) is 0.682. The quantitative estimate of drug-likeness (QED) is 0.135. The van der Waals surface area contributed by atoms with Gasteiger partial charge in [0.1, 0.15) is 0 Å². The standard InChI is InChI=1S/C34H59NO2.C3H8.2C2H6/c1-11-17-28(30(22-26(14-4)15-5)31(37)24-33(7,8)19-12-2)29-23-27(18-16-21-36)35-32(25(29)6)34(9,10)20-13-3;1-3-2;2*1-2/h22-23,28,36-37H,11-21,24H2,1-10H3;3H2,1-2H3;2*1-2H3/b31-30-;;;. The molecule has 2 N–H and O–H groups in total. The average molecular weight is 618 g/mol. The molecule has 1 atom stereocenters. The second kappa shape index (κ2) is 26.6.